The third kappa shape index (κ3) is 2.36. The molecule has 20 heavy (non-hydrogen) atoms. The van der Waals surface area contributed by atoms with Crippen LogP contribution in [0, 0.1) is 35.8 Å². The second kappa shape index (κ2) is 6.45. The summed E-state index contributed by atoms with van der Waals surface area (Å²) < 4.78 is 10.3. The molecule has 6 nitrogen and oxygen atoms in total. The molecule has 0 aliphatic heterocycles. The van der Waals surface area contributed by atoms with Crippen molar-refractivity contribution in [2.24, 2.45) is 0 Å². The maximum absolute atomic E-state index is 8.93. The molecule has 0 unspecified atom stereocenters. The van der Waals surface area contributed by atoms with E-state index in [0.717, 1.165) is 0 Å². The van der Waals surface area contributed by atoms with E-state index < -0.39 is 0 Å². The Balaban J connectivity index is 4.11. The van der Waals surface area contributed by atoms with Crippen molar-refractivity contribution in [3.63, 3.8) is 0 Å². The van der Waals surface area contributed by atoms with Gasteiger partial charge < -0.3 is 9.47 Å². The normalized spacial score (nSPS) is 11.9. The zero-order valence-corrected chi connectivity index (χ0v) is 10.8. The molecule has 0 fully saturated rings. The SMILES string of the molecule is [C-]#[N+]C(C#N)=c1ccc(=C(C#N)[N+]#[C-])c(OC)c1OC. The third-order valence-corrected chi connectivity index (χ3v) is 2.47. The topological polar surface area (TPSA) is 74.8 Å². The smallest absolute Gasteiger partial charge is 0.272 e. The Labute approximate surface area is 115 Å². The largest absolute Gasteiger partial charge is 0.494 e. The molecule has 0 bridgehead atoms. The number of rotatable bonds is 2. The number of hydrogen-bond acceptors (Lipinski definition) is 4. The van der Waals surface area contributed by atoms with Crippen molar-refractivity contribution in [3.8, 4) is 23.6 Å². The molecule has 0 spiro atoms. The average Bonchev–Trinajstić information content (AvgIpc) is 2.49. The summed E-state index contributed by atoms with van der Waals surface area (Å²) in [5, 5.41) is 18.4. The van der Waals surface area contributed by atoms with E-state index in [9.17, 15) is 0 Å². The first-order valence-corrected chi connectivity index (χ1v) is 5.23. The fourth-order valence-electron chi connectivity index (χ4n) is 1.63. The van der Waals surface area contributed by atoms with Gasteiger partial charge in [-0.25, -0.2) is 20.2 Å². The van der Waals surface area contributed by atoms with Crippen LogP contribution in [0.2, 0.25) is 0 Å². The molecular formula is C14H8N4O2. The van der Waals surface area contributed by atoms with Gasteiger partial charge in [-0.2, -0.15) is 0 Å². The van der Waals surface area contributed by atoms with Crippen molar-refractivity contribution in [1.29, 1.82) is 10.5 Å². The van der Waals surface area contributed by atoms with E-state index in [1.165, 1.54) is 26.4 Å². The summed E-state index contributed by atoms with van der Waals surface area (Å²) >= 11 is 0. The number of nitrogens with zero attached hydrogens (tertiary/aromatic N) is 4. The first-order valence-electron chi connectivity index (χ1n) is 5.23. The molecule has 0 aliphatic carbocycles. The van der Waals surface area contributed by atoms with Gasteiger partial charge >= 0.3 is 0 Å². The van der Waals surface area contributed by atoms with Crippen molar-refractivity contribution >= 4 is 11.4 Å². The van der Waals surface area contributed by atoms with Gasteiger partial charge in [0.05, 0.1) is 39.5 Å². The minimum absolute atomic E-state index is 0.147. The molecular weight excluding hydrogens is 256 g/mol. The van der Waals surface area contributed by atoms with Crippen LogP contribution in [0.4, 0.5) is 0 Å². The Morgan fingerprint density at radius 2 is 1.30 bits per heavy atom. The highest BCUT2D eigenvalue weighted by molar-refractivity contribution is 5.72. The summed E-state index contributed by atoms with van der Waals surface area (Å²) in [6, 6.07) is 6.44. The van der Waals surface area contributed by atoms with E-state index in [-0.39, 0.29) is 33.3 Å². The van der Waals surface area contributed by atoms with Crippen molar-refractivity contribution < 1.29 is 9.47 Å². The van der Waals surface area contributed by atoms with Crippen LogP contribution in [-0.4, -0.2) is 14.2 Å². The van der Waals surface area contributed by atoms with Gasteiger partial charge in [0.15, 0.2) is 11.5 Å². The minimum atomic E-state index is -0.159. The van der Waals surface area contributed by atoms with E-state index in [0.29, 0.717) is 0 Å². The molecule has 0 saturated carbocycles. The fourth-order valence-corrected chi connectivity index (χ4v) is 1.63. The van der Waals surface area contributed by atoms with Crippen molar-refractivity contribution in [2.75, 3.05) is 14.2 Å². The van der Waals surface area contributed by atoms with E-state index in [1.807, 2.05) is 0 Å². The Kier molecular flexibility index (Phi) is 4.70. The van der Waals surface area contributed by atoms with E-state index in [1.54, 1.807) is 12.1 Å². The third-order valence-electron chi connectivity index (χ3n) is 2.47. The Morgan fingerprint density at radius 1 is 0.950 bits per heavy atom. The van der Waals surface area contributed by atoms with Crippen LogP contribution in [0.25, 0.3) is 21.1 Å². The summed E-state index contributed by atoms with van der Waals surface area (Å²) in [4.78, 5) is 6.23. The lowest BCUT2D eigenvalue weighted by atomic mass is 10.1. The molecule has 0 heterocycles. The lowest BCUT2D eigenvalue weighted by Crippen LogP contribution is -2.18. The second-order valence-corrected chi connectivity index (χ2v) is 3.37. The monoisotopic (exact) mass is 264 g/mol. The first-order chi connectivity index (χ1) is 9.68. The van der Waals surface area contributed by atoms with E-state index >= 15 is 0 Å². The Bertz CT molecular complexity index is 724. The van der Waals surface area contributed by atoms with Crippen LogP contribution in [0.1, 0.15) is 0 Å². The molecule has 1 aromatic carbocycles. The van der Waals surface area contributed by atoms with Crippen LogP contribution in [0.3, 0.4) is 0 Å². The molecule has 1 rings (SSSR count). The Hall–Kier alpha value is -3.48. The molecule has 0 saturated heterocycles. The van der Waals surface area contributed by atoms with E-state index in [2.05, 4.69) is 9.69 Å². The molecule has 0 atom stereocenters. The minimum Gasteiger partial charge on any atom is -0.494 e. The summed E-state index contributed by atoms with van der Waals surface area (Å²) in [7, 11) is 2.71. The quantitative estimate of drug-likeness (QED) is 0.741. The molecule has 6 heteroatoms. The maximum Gasteiger partial charge on any atom is 0.272 e. The first kappa shape index (κ1) is 14.6. The predicted octanol–water partition coefficient (Wildman–Crippen LogP) is 0.806. The van der Waals surface area contributed by atoms with Crippen molar-refractivity contribution in [1.82, 2.24) is 0 Å². The molecule has 0 aliphatic rings. The highest BCUT2D eigenvalue weighted by Crippen LogP contribution is 2.19. The predicted molar refractivity (Wildman–Crippen MR) is 70.0 cm³/mol. The molecule has 0 radical (unpaired) electrons. The van der Waals surface area contributed by atoms with Gasteiger partial charge in [0.25, 0.3) is 11.4 Å². The average molecular weight is 264 g/mol. The molecule has 0 aromatic heterocycles. The van der Waals surface area contributed by atoms with Crippen LogP contribution >= 0.6 is 0 Å². The lowest BCUT2D eigenvalue weighted by Gasteiger charge is -2.09. The lowest BCUT2D eigenvalue weighted by molar-refractivity contribution is 0.350. The van der Waals surface area contributed by atoms with Gasteiger partial charge in [-0.15, -0.1) is 0 Å². The fraction of sp³-hybridized carbons (Fsp3) is 0.143. The number of ether oxygens (including phenoxy) is 2. The number of nitriles is 2. The highest BCUT2D eigenvalue weighted by atomic mass is 16.5. The van der Waals surface area contributed by atoms with Gasteiger partial charge in [0, 0.05) is 10.4 Å². The summed E-state index contributed by atoms with van der Waals surface area (Å²) in [5.74, 6) is 0.294. The van der Waals surface area contributed by atoms with Crippen LogP contribution in [0.5, 0.6) is 11.5 Å². The van der Waals surface area contributed by atoms with Gasteiger partial charge in [0.1, 0.15) is 0 Å². The number of methoxy groups -OCH3 is 2. The van der Waals surface area contributed by atoms with Crippen LogP contribution < -0.4 is 19.9 Å². The Morgan fingerprint density at radius 3 is 1.50 bits per heavy atom. The van der Waals surface area contributed by atoms with Crippen LogP contribution in [-0.2, 0) is 0 Å². The zero-order valence-electron chi connectivity index (χ0n) is 10.8. The second-order valence-electron chi connectivity index (χ2n) is 3.37. The van der Waals surface area contributed by atoms with Crippen LogP contribution in [0.15, 0.2) is 12.1 Å². The van der Waals surface area contributed by atoms with Gasteiger partial charge in [-0.1, -0.05) is 12.1 Å². The molecule has 0 N–H and O–H groups in total. The van der Waals surface area contributed by atoms with Gasteiger partial charge in [-0.3, -0.25) is 0 Å². The zero-order chi connectivity index (χ0) is 15.1. The maximum atomic E-state index is 8.93. The summed E-state index contributed by atoms with van der Waals surface area (Å²) in [6.07, 6.45) is 0. The van der Waals surface area contributed by atoms with Gasteiger partial charge in [-0.05, 0) is 0 Å². The van der Waals surface area contributed by atoms with Gasteiger partial charge in [0.2, 0.25) is 0 Å². The summed E-state index contributed by atoms with van der Waals surface area (Å²) in [6.45, 7) is 13.9. The molecule has 1 aromatic rings. The van der Waals surface area contributed by atoms with Crippen molar-refractivity contribution in [2.45, 2.75) is 0 Å². The summed E-state index contributed by atoms with van der Waals surface area (Å²) in [5.41, 5.74) is -0.318. The number of benzene rings is 1. The van der Waals surface area contributed by atoms with Crippen molar-refractivity contribution in [3.05, 3.63) is 45.4 Å². The molecule has 0 amide bonds. The number of hydrogen-bond donors (Lipinski definition) is 0. The highest BCUT2D eigenvalue weighted by Gasteiger charge is 2.12. The molecule has 96 valence electrons. The standard InChI is InChI=1S/C14H8N4O2/c1-17-11(7-15)9-5-6-10(12(8-16)18-2)14(20-4)13(9)19-3/h5-6H,3-4H3. The van der Waals surface area contributed by atoms with E-state index in [4.69, 9.17) is 33.1 Å².